The average Bonchev–Trinajstić information content (AvgIpc) is 2.84. The van der Waals surface area contributed by atoms with E-state index in [4.69, 9.17) is 4.74 Å². The molecule has 0 unspecified atom stereocenters. The Morgan fingerprint density at radius 3 is 2.53 bits per heavy atom. The van der Waals surface area contributed by atoms with Gasteiger partial charge in [0.1, 0.15) is 0 Å². The van der Waals surface area contributed by atoms with Gasteiger partial charge in [-0.3, -0.25) is 4.90 Å². The van der Waals surface area contributed by atoms with Crippen molar-refractivity contribution in [1.29, 1.82) is 0 Å². The molecule has 2 bridgehead atoms. The fraction of sp³-hybridized carbons (Fsp3) is 1.00. The molecule has 3 aliphatic rings. The van der Waals surface area contributed by atoms with Crippen molar-refractivity contribution in [1.82, 2.24) is 4.90 Å². The minimum absolute atomic E-state index is 0.00778. The summed E-state index contributed by atoms with van der Waals surface area (Å²) in [5.41, 5.74) is 0. The molecule has 1 saturated heterocycles. The van der Waals surface area contributed by atoms with Gasteiger partial charge in [-0.25, -0.2) is 0 Å². The molecule has 3 fully saturated rings. The Kier molecular flexibility index (Phi) is 2.71. The van der Waals surface area contributed by atoms with Crippen molar-refractivity contribution in [3.63, 3.8) is 0 Å². The SMILES string of the molecule is O[C@@H]1[C@@H]2CC[C@@H](C2)[C@@H]1CN1CCOCC1. The Labute approximate surface area is 91.4 Å². The number of nitrogens with zero attached hydrogens (tertiary/aromatic N) is 1. The molecule has 0 aromatic heterocycles. The lowest BCUT2D eigenvalue weighted by Gasteiger charge is -2.34. The number of morpholine rings is 1. The van der Waals surface area contributed by atoms with Crippen LogP contribution in [0.4, 0.5) is 0 Å². The van der Waals surface area contributed by atoms with Gasteiger partial charge in [-0.1, -0.05) is 0 Å². The first-order chi connectivity index (χ1) is 7.34. The minimum Gasteiger partial charge on any atom is -0.392 e. The molecule has 86 valence electrons. The largest absolute Gasteiger partial charge is 0.392 e. The molecule has 15 heavy (non-hydrogen) atoms. The number of aliphatic hydroxyl groups is 1. The predicted molar refractivity (Wildman–Crippen MR) is 57.6 cm³/mol. The summed E-state index contributed by atoms with van der Waals surface area (Å²) >= 11 is 0. The highest BCUT2D eigenvalue weighted by atomic mass is 16.5. The van der Waals surface area contributed by atoms with Crippen molar-refractivity contribution in [3.8, 4) is 0 Å². The summed E-state index contributed by atoms with van der Waals surface area (Å²) in [6.07, 6.45) is 3.91. The molecular weight excluding hydrogens is 190 g/mol. The number of rotatable bonds is 2. The lowest BCUT2D eigenvalue weighted by Crippen LogP contribution is -2.43. The van der Waals surface area contributed by atoms with Crippen molar-refractivity contribution < 1.29 is 9.84 Å². The molecule has 1 aliphatic heterocycles. The van der Waals surface area contributed by atoms with Gasteiger partial charge in [-0.2, -0.15) is 0 Å². The number of hydrogen-bond acceptors (Lipinski definition) is 3. The second-order valence-electron chi connectivity index (χ2n) is 5.40. The van der Waals surface area contributed by atoms with Gasteiger partial charge in [0.25, 0.3) is 0 Å². The first kappa shape index (κ1) is 10.1. The number of ether oxygens (including phenoxy) is 1. The highest BCUT2D eigenvalue weighted by Crippen LogP contribution is 2.48. The highest BCUT2D eigenvalue weighted by molar-refractivity contribution is 4.97. The van der Waals surface area contributed by atoms with Crippen LogP contribution in [-0.4, -0.2) is 49.0 Å². The van der Waals surface area contributed by atoms with E-state index in [1.165, 1.54) is 19.3 Å². The molecule has 0 radical (unpaired) electrons. The van der Waals surface area contributed by atoms with E-state index >= 15 is 0 Å². The Morgan fingerprint density at radius 2 is 1.87 bits per heavy atom. The van der Waals surface area contributed by atoms with Crippen LogP contribution < -0.4 is 0 Å². The summed E-state index contributed by atoms with van der Waals surface area (Å²) in [5.74, 6) is 2.00. The summed E-state index contributed by atoms with van der Waals surface area (Å²) in [4.78, 5) is 2.47. The number of hydrogen-bond donors (Lipinski definition) is 1. The summed E-state index contributed by atoms with van der Waals surface area (Å²) < 4.78 is 5.35. The molecule has 3 rings (SSSR count). The van der Waals surface area contributed by atoms with Crippen LogP contribution in [0.15, 0.2) is 0 Å². The topological polar surface area (TPSA) is 32.7 Å². The predicted octanol–water partition coefficient (Wildman–Crippen LogP) is 0.726. The van der Waals surface area contributed by atoms with E-state index < -0.39 is 0 Å². The Morgan fingerprint density at radius 1 is 1.13 bits per heavy atom. The third-order valence-corrected chi connectivity index (χ3v) is 4.61. The third kappa shape index (κ3) is 1.81. The quantitative estimate of drug-likeness (QED) is 0.731. The van der Waals surface area contributed by atoms with Crippen LogP contribution in [0.25, 0.3) is 0 Å². The Hall–Kier alpha value is -0.120. The molecular formula is C12H21NO2. The summed E-state index contributed by atoms with van der Waals surface area (Å²) in [6, 6.07) is 0. The zero-order valence-corrected chi connectivity index (χ0v) is 9.27. The van der Waals surface area contributed by atoms with E-state index in [9.17, 15) is 5.11 Å². The van der Waals surface area contributed by atoms with E-state index in [0.717, 1.165) is 38.8 Å². The number of aliphatic hydroxyl groups excluding tert-OH is 1. The molecule has 1 N–H and O–H groups in total. The molecule has 0 spiro atoms. The van der Waals surface area contributed by atoms with Crippen LogP contribution in [0.1, 0.15) is 19.3 Å². The smallest absolute Gasteiger partial charge is 0.0611 e. The van der Waals surface area contributed by atoms with Gasteiger partial charge in [0, 0.05) is 25.6 Å². The maximum atomic E-state index is 10.2. The normalized spacial score (nSPS) is 46.2. The van der Waals surface area contributed by atoms with Gasteiger partial charge in [0.15, 0.2) is 0 Å². The second kappa shape index (κ2) is 4.04. The Bertz CT molecular complexity index is 226. The number of fused-ring (bicyclic) bond motifs is 2. The Balaban J connectivity index is 1.58. The van der Waals surface area contributed by atoms with Gasteiger partial charge < -0.3 is 9.84 Å². The zero-order chi connectivity index (χ0) is 10.3. The van der Waals surface area contributed by atoms with Gasteiger partial charge >= 0.3 is 0 Å². The maximum Gasteiger partial charge on any atom is 0.0611 e. The van der Waals surface area contributed by atoms with Gasteiger partial charge in [-0.05, 0) is 31.1 Å². The van der Waals surface area contributed by atoms with Crippen molar-refractivity contribution in [2.24, 2.45) is 17.8 Å². The van der Waals surface area contributed by atoms with Gasteiger partial charge in [-0.15, -0.1) is 0 Å². The maximum absolute atomic E-state index is 10.2. The molecule has 3 heteroatoms. The van der Waals surface area contributed by atoms with E-state index in [0.29, 0.717) is 11.8 Å². The van der Waals surface area contributed by atoms with Crippen molar-refractivity contribution in [2.75, 3.05) is 32.8 Å². The third-order valence-electron chi connectivity index (χ3n) is 4.61. The van der Waals surface area contributed by atoms with Crippen molar-refractivity contribution in [2.45, 2.75) is 25.4 Å². The van der Waals surface area contributed by atoms with E-state index in [1.807, 2.05) is 0 Å². The van der Waals surface area contributed by atoms with E-state index in [1.54, 1.807) is 0 Å². The summed E-state index contributed by atoms with van der Waals surface area (Å²) in [6.45, 7) is 4.96. The summed E-state index contributed by atoms with van der Waals surface area (Å²) in [5, 5.41) is 10.2. The van der Waals surface area contributed by atoms with Crippen LogP contribution in [0, 0.1) is 17.8 Å². The van der Waals surface area contributed by atoms with Crippen LogP contribution >= 0.6 is 0 Å². The molecule has 0 aromatic rings. The van der Waals surface area contributed by atoms with Gasteiger partial charge in [0.05, 0.1) is 19.3 Å². The van der Waals surface area contributed by atoms with E-state index in [-0.39, 0.29) is 6.10 Å². The highest BCUT2D eigenvalue weighted by Gasteiger charge is 2.46. The fourth-order valence-corrected chi connectivity index (χ4v) is 3.72. The molecule has 4 atom stereocenters. The monoisotopic (exact) mass is 211 g/mol. The summed E-state index contributed by atoms with van der Waals surface area (Å²) in [7, 11) is 0. The molecule has 2 aliphatic carbocycles. The standard InChI is InChI=1S/C12H21NO2/c14-12-10-2-1-9(7-10)11(12)8-13-3-5-15-6-4-13/h9-12,14H,1-8H2/t9-,10+,11-,12+/m0/s1. The minimum atomic E-state index is -0.00778. The van der Waals surface area contributed by atoms with Crippen LogP contribution in [0.5, 0.6) is 0 Å². The van der Waals surface area contributed by atoms with Crippen LogP contribution in [-0.2, 0) is 4.74 Å². The average molecular weight is 211 g/mol. The first-order valence-electron chi connectivity index (χ1n) is 6.33. The lowest BCUT2D eigenvalue weighted by molar-refractivity contribution is -0.00240. The van der Waals surface area contributed by atoms with Crippen LogP contribution in [0.3, 0.4) is 0 Å². The van der Waals surface area contributed by atoms with Crippen molar-refractivity contribution >= 4 is 0 Å². The molecule has 1 heterocycles. The van der Waals surface area contributed by atoms with Crippen LogP contribution in [0.2, 0.25) is 0 Å². The molecule has 2 saturated carbocycles. The first-order valence-corrected chi connectivity index (χ1v) is 6.33. The second-order valence-corrected chi connectivity index (χ2v) is 5.40. The van der Waals surface area contributed by atoms with Gasteiger partial charge in [0.2, 0.25) is 0 Å². The molecule has 0 aromatic carbocycles. The van der Waals surface area contributed by atoms with Crippen molar-refractivity contribution in [3.05, 3.63) is 0 Å². The lowest BCUT2D eigenvalue weighted by atomic mass is 9.86. The van der Waals surface area contributed by atoms with E-state index in [2.05, 4.69) is 4.90 Å². The fourth-order valence-electron chi connectivity index (χ4n) is 3.72. The molecule has 0 amide bonds. The molecule has 3 nitrogen and oxygen atoms in total. The zero-order valence-electron chi connectivity index (χ0n) is 9.27.